The number of urea groups is 1. The first-order chi connectivity index (χ1) is 11.0. The highest BCUT2D eigenvalue weighted by Crippen LogP contribution is 2.37. The molecule has 23 heavy (non-hydrogen) atoms. The van der Waals surface area contributed by atoms with Crippen LogP contribution < -0.4 is 21.1 Å². The Morgan fingerprint density at radius 1 is 1.22 bits per heavy atom. The third-order valence-corrected chi connectivity index (χ3v) is 3.97. The SMILES string of the molecule is COc1ccc2ccccc2c1C1NC(=O)NC(C)=C1C(N)=O. The largest absolute Gasteiger partial charge is 0.496 e. The summed E-state index contributed by atoms with van der Waals surface area (Å²) in [5.74, 6) is -0.00237. The van der Waals surface area contributed by atoms with E-state index in [2.05, 4.69) is 10.6 Å². The van der Waals surface area contributed by atoms with Crippen molar-refractivity contribution in [3.05, 3.63) is 53.2 Å². The van der Waals surface area contributed by atoms with Gasteiger partial charge in [-0.05, 0) is 23.8 Å². The highest BCUT2D eigenvalue weighted by molar-refractivity contribution is 5.99. The van der Waals surface area contributed by atoms with Crippen molar-refractivity contribution >= 4 is 22.7 Å². The Kier molecular flexibility index (Phi) is 3.65. The van der Waals surface area contributed by atoms with Crippen LogP contribution in [0, 0.1) is 0 Å². The number of carbonyl (C=O) groups excluding carboxylic acids is 2. The van der Waals surface area contributed by atoms with Crippen molar-refractivity contribution in [2.24, 2.45) is 5.73 Å². The van der Waals surface area contributed by atoms with E-state index in [1.165, 1.54) is 0 Å². The predicted molar refractivity (Wildman–Crippen MR) is 86.8 cm³/mol. The standard InChI is InChI=1S/C17H17N3O3/c1-9-13(16(18)21)15(20-17(22)19-9)14-11-6-4-3-5-10(11)7-8-12(14)23-2/h3-8,15H,1-2H3,(H2,18,21)(H2,19,20,22). The van der Waals surface area contributed by atoms with Gasteiger partial charge in [0, 0.05) is 11.3 Å². The van der Waals surface area contributed by atoms with Gasteiger partial charge in [0.25, 0.3) is 0 Å². The van der Waals surface area contributed by atoms with Gasteiger partial charge >= 0.3 is 6.03 Å². The van der Waals surface area contributed by atoms with E-state index in [-0.39, 0.29) is 6.03 Å². The molecule has 6 nitrogen and oxygen atoms in total. The van der Waals surface area contributed by atoms with Crippen LogP contribution in [0.4, 0.5) is 4.79 Å². The fourth-order valence-electron chi connectivity index (χ4n) is 2.99. The number of fused-ring (bicyclic) bond motifs is 1. The molecular formula is C17H17N3O3. The number of ether oxygens (including phenoxy) is 1. The van der Waals surface area contributed by atoms with Gasteiger partial charge in [0.1, 0.15) is 5.75 Å². The minimum Gasteiger partial charge on any atom is -0.496 e. The summed E-state index contributed by atoms with van der Waals surface area (Å²) in [5, 5.41) is 7.23. The van der Waals surface area contributed by atoms with Gasteiger partial charge < -0.3 is 21.1 Å². The number of methoxy groups -OCH3 is 1. The van der Waals surface area contributed by atoms with Gasteiger partial charge in [0.05, 0.1) is 18.7 Å². The summed E-state index contributed by atoms with van der Waals surface area (Å²) >= 11 is 0. The molecule has 1 aliphatic rings. The Hall–Kier alpha value is -3.02. The molecule has 2 aromatic carbocycles. The van der Waals surface area contributed by atoms with E-state index in [1.54, 1.807) is 14.0 Å². The highest BCUT2D eigenvalue weighted by Gasteiger charge is 2.32. The summed E-state index contributed by atoms with van der Waals surface area (Å²) < 4.78 is 5.46. The van der Waals surface area contributed by atoms with Crippen molar-refractivity contribution in [1.82, 2.24) is 10.6 Å². The van der Waals surface area contributed by atoms with Gasteiger partial charge in [-0.15, -0.1) is 0 Å². The van der Waals surface area contributed by atoms with Crippen LogP contribution in [0.1, 0.15) is 18.5 Å². The molecule has 1 aliphatic heterocycles. The van der Waals surface area contributed by atoms with Gasteiger partial charge in [-0.25, -0.2) is 4.79 Å². The molecule has 6 heteroatoms. The first-order valence-corrected chi connectivity index (χ1v) is 7.16. The second kappa shape index (κ2) is 5.64. The molecule has 4 N–H and O–H groups in total. The lowest BCUT2D eigenvalue weighted by atomic mass is 9.90. The van der Waals surface area contributed by atoms with Crippen LogP contribution in [0.5, 0.6) is 5.75 Å². The van der Waals surface area contributed by atoms with Gasteiger partial charge in [0.2, 0.25) is 5.91 Å². The Bertz CT molecular complexity index is 842. The number of hydrogen-bond acceptors (Lipinski definition) is 3. The molecule has 0 radical (unpaired) electrons. The van der Waals surface area contributed by atoms with Crippen LogP contribution in [-0.4, -0.2) is 19.0 Å². The smallest absolute Gasteiger partial charge is 0.319 e. The molecule has 2 aromatic rings. The first-order valence-electron chi connectivity index (χ1n) is 7.16. The summed E-state index contributed by atoms with van der Waals surface area (Å²) in [6.45, 7) is 1.66. The zero-order valence-corrected chi connectivity index (χ0v) is 12.8. The lowest BCUT2D eigenvalue weighted by molar-refractivity contribution is -0.115. The number of nitrogens with two attached hydrogens (primary N) is 1. The average Bonchev–Trinajstić information content (AvgIpc) is 2.52. The fraction of sp³-hybridized carbons (Fsp3) is 0.176. The second-order valence-electron chi connectivity index (χ2n) is 5.34. The maximum atomic E-state index is 11.9. The summed E-state index contributed by atoms with van der Waals surface area (Å²) in [5.41, 5.74) is 7.02. The molecule has 1 atom stereocenters. The summed E-state index contributed by atoms with van der Waals surface area (Å²) in [6, 6.07) is 10.4. The van der Waals surface area contributed by atoms with Crippen LogP contribution in [0.15, 0.2) is 47.7 Å². The van der Waals surface area contributed by atoms with Gasteiger partial charge in [-0.2, -0.15) is 0 Å². The molecule has 0 aliphatic carbocycles. The number of allylic oxidation sites excluding steroid dienone is 1. The van der Waals surface area contributed by atoms with E-state index in [4.69, 9.17) is 10.5 Å². The number of benzene rings is 2. The third kappa shape index (κ3) is 2.48. The average molecular weight is 311 g/mol. The molecule has 1 unspecified atom stereocenters. The number of hydrogen-bond donors (Lipinski definition) is 3. The van der Waals surface area contributed by atoms with E-state index in [9.17, 15) is 9.59 Å². The van der Waals surface area contributed by atoms with Crippen LogP contribution in [0.25, 0.3) is 10.8 Å². The molecule has 0 fully saturated rings. The highest BCUT2D eigenvalue weighted by atomic mass is 16.5. The van der Waals surface area contributed by atoms with E-state index >= 15 is 0 Å². The summed E-state index contributed by atoms with van der Waals surface area (Å²) in [4.78, 5) is 23.8. The van der Waals surface area contributed by atoms with Crippen molar-refractivity contribution in [2.75, 3.05) is 7.11 Å². The third-order valence-electron chi connectivity index (χ3n) is 3.97. The van der Waals surface area contributed by atoms with Crippen molar-refractivity contribution in [2.45, 2.75) is 13.0 Å². The van der Waals surface area contributed by atoms with E-state index in [0.717, 1.165) is 10.8 Å². The maximum absolute atomic E-state index is 11.9. The van der Waals surface area contributed by atoms with Gasteiger partial charge in [-0.1, -0.05) is 30.3 Å². The molecule has 0 aromatic heterocycles. The molecule has 0 saturated carbocycles. The van der Waals surface area contributed by atoms with Crippen LogP contribution in [0.2, 0.25) is 0 Å². The Morgan fingerprint density at radius 2 is 1.96 bits per heavy atom. The number of amides is 3. The van der Waals surface area contributed by atoms with Crippen molar-refractivity contribution < 1.29 is 14.3 Å². The van der Waals surface area contributed by atoms with E-state index in [1.807, 2.05) is 36.4 Å². The minimum atomic E-state index is -0.665. The number of nitrogens with one attached hydrogen (secondary N) is 2. The van der Waals surface area contributed by atoms with Crippen molar-refractivity contribution in [3.63, 3.8) is 0 Å². The molecule has 3 rings (SSSR count). The molecule has 118 valence electrons. The monoisotopic (exact) mass is 311 g/mol. The Morgan fingerprint density at radius 3 is 2.65 bits per heavy atom. The number of carbonyl (C=O) groups is 2. The van der Waals surface area contributed by atoms with Gasteiger partial charge in [-0.3, -0.25) is 4.79 Å². The van der Waals surface area contributed by atoms with Crippen LogP contribution in [0.3, 0.4) is 0 Å². The number of primary amides is 1. The lowest BCUT2D eigenvalue weighted by Crippen LogP contribution is -2.46. The fourth-order valence-corrected chi connectivity index (χ4v) is 2.99. The molecule has 0 saturated heterocycles. The van der Waals surface area contributed by atoms with Gasteiger partial charge in [0.15, 0.2) is 0 Å². The Labute approximate surface area is 133 Å². The predicted octanol–water partition coefficient (Wildman–Crippen LogP) is 1.96. The van der Waals surface area contributed by atoms with Crippen molar-refractivity contribution in [1.29, 1.82) is 0 Å². The molecule has 1 heterocycles. The van der Waals surface area contributed by atoms with Crippen LogP contribution in [-0.2, 0) is 4.79 Å². The zero-order valence-electron chi connectivity index (χ0n) is 12.8. The van der Waals surface area contributed by atoms with Crippen LogP contribution >= 0.6 is 0 Å². The van der Waals surface area contributed by atoms with E-state index < -0.39 is 11.9 Å². The topological polar surface area (TPSA) is 93.4 Å². The van der Waals surface area contributed by atoms with E-state index in [0.29, 0.717) is 22.6 Å². The quantitative estimate of drug-likeness (QED) is 0.809. The minimum absolute atomic E-state index is 0.319. The summed E-state index contributed by atoms with van der Waals surface area (Å²) in [6.07, 6.45) is 0. The maximum Gasteiger partial charge on any atom is 0.319 e. The number of rotatable bonds is 3. The van der Waals surface area contributed by atoms with Crippen molar-refractivity contribution in [3.8, 4) is 5.75 Å². The molecule has 3 amide bonds. The summed E-state index contributed by atoms with van der Waals surface area (Å²) in [7, 11) is 1.55. The normalized spacial score (nSPS) is 17.7. The molecule has 0 spiro atoms. The molecular weight excluding hydrogens is 294 g/mol. The lowest BCUT2D eigenvalue weighted by Gasteiger charge is -2.29. The second-order valence-corrected chi connectivity index (χ2v) is 5.34. The zero-order chi connectivity index (χ0) is 16.6. The first kappa shape index (κ1) is 14.9. The Balaban J connectivity index is 2.31. The molecule has 0 bridgehead atoms.